The van der Waals surface area contributed by atoms with Crippen molar-refractivity contribution in [1.82, 2.24) is 11.2 Å². The zero-order valence-corrected chi connectivity index (χ0v) is 10.9. The molecule has 0 aliphatic rings. The van der Waals surface area contributed by atoms with Gasteiger partial charge in [-0.2, -0.15) is 0 Å². The average Bonchev–Trinajstić information content (AvgIpc) is 2.02. The first-order valence-corrected chi connectivity index (χ1v) is 6.92. The molecule has 0 aromatic heterocycles. The number of carboxylic acid groups (broad SMARTS) is 1. The predicted octanol–water partition coefficient (Wildman–Crippen LogP) is 1.49. The lowest BCUT2D eigenvalue weighted by Crippen LogP contribution is -2.15. The molecule has 1 unspecified atom stereocenters. The zero-order valence-electron chi connectivity index (χ0n) is 9.14. The van der Waals surface area contributed by atoms with E-state index < -0.39 is 12.7 Å². The van der Waals surface area contributed by atoms with Crippen molar-refractivity contribution in [2.24, 2.45) is 0 Å². The van der Waals surface area contributed by atoms with Crippen LogP contribution in [0, 0.1) is 0 Å². The van der Waals surface area contributed by atoms with Crippen LogP contribution in [0.3, 0.4) is 0 Å². The van der Waals surface area contributed by atoms with Gasteiger partial charge in [0, 0.05) is 21.0 Å². The van der Waals surface area contributed by atoms with Crippen LogP contribution in [0.25, 0.3) is 0 Å². The molecular weight excluding hydrogens is 243 g/mol. The molecule has 15 heavy (non-hydrogen) atoms. The van der Waals surface area contributed by atoms with Gasteiger partial charge in [0.2, 0.25) is 5.91 Å². The molecule has 9 heteroatoms. The van der Waals surface area contributed by atoms with E-state index in [2.05, 4.69) is 9.61 Å². The van der Waals surface area contributed by atoms with E-state index in [1.165, 1.54) is 14.0 Å². The van der Waals surface area contributed by atoms with Gasteiger partial charge >= 0.3 is 6.72 Å². The van der Waals surface area contributed by atoms with Gasteiger partial charge in [-0.15, -0.1) is 0 Å². The molecule has 0 saturated carbocycles. The second-order valence-electron chi connectivity index (χ2n) is 2.05. The highest BCUT2D eigenvalue weighted by molar-refractivity contribution is 8.55. The number of amides is 1. The van der Waals surface area contributed by atoms with Crippen LogP contribution in [0.15, 0.2) is 0 Å². The fourth-order valence-corrected chi connectivity index (χ4v) is 2.18. The molecule has 0 aliphatic heterocycles. The van der Waals surface area contributed by atoms with Crippen LogP contribution in [0.5, 0.6) is 0 Å². The number of hydrogen-bond donors (Lipinski definition) is 3. The van der Waals surface area contributed by atoms with E-state index in [1.807, 2.05) is 0 Å². The highest BCUT2D eigenvalue weighted by Crippen LogP contribution is 2.53. The second-order valence-corrected chi connectivity index (χ2v) is 6.54. The summed E-state index contributed by atoms with van der Waals surface area (Å²) in [4.78, 5) is 19.4. The van der Waals surface area contributed by atoms with Gasteiger partial charge in [-0.05, 0) is 6.26 Å². The number of aliphatic carboxylic acids is 1. The van der Waals surface area contributed by atoms with Crippen LogP contribution in [0.1, 0.15) is 13.8 Å². The number of carbonyl (C=O) groups excluding carboxylic acids is 1. The van der Waals surface area contributed by atoms with Crippen LogP contribution in [0.2, 0.25) is 0 Å². The number of carbonyl (C=O) groups is 2. The summed E-state index contributed by atoms with van der Waals surface area (Å²) >= 11 is 1.00. The Kier molecular flexibility index (Phi) is 13.3. The Balaban J connectivity index is -0.000000249. The van der Waals surface area contributed by atoms with Crippen molar-refractivity contribution in [3.05, 3.63) is 0 Å². The van der Waals surface area contributed by atoms with Crippen LogP contribution in [0.4, 0.5) is 0 Å². The van der Waals surface area contributed by atoms with E-state index in [4.69, 9.17) is 9.90 Å². The molecule has 0 aromatic rings. The molecular formula is C6H17N2O5PS. The first kappa shape index (κ1) is 19.9. The van der Waals surface area contributed by atoms with Crippen LogP contribution >= 0.6 is 18.1 Å². The summed E-state index contributed by atoms with van der Waals surface area (Å²) in [5.41, 5.74) is 0. The number of hydrogen-bond acceptors (Lipinski definition) is 6. The Hall–Kier alpha value is -0.560. The Bertz CT molecular complexity index is 236. The van der Waals surface area contributed by atoms with Gasteiger partial charge in [-0.1, -0.05) is 11.4 Å². The maximum Gasteiger partial charge on any atom is 0.352 e. The summed E-state index contributed by atoms with van der Waals surface area (Å²) in [5.74, 6) is -1.18. The molecule has 0 aromatic carbocycles. The summed E-state index contributed by atoms with van der Waals surface area (Å²) in [6.07, 6.45) is 1.61. The number of rotatable bonds is 3. The van der Waals surface area contributed by atoms with E-state index in [0.717, 1.165) is 18.3 Å². The van der Waals surface area contributed by atoms with Gasteiger partial charge < -0.3 is 15.8 Å². The maximum atomic E-state index is 11.2. The van der Waals surface area contributed by atoms with Crippen molar-refractivity contribution < 1.29 is 23.8 Å². The monoisotopic (exact) mass is 260 g/mol. The second kappa shape index (κ2) is 9.97. The highest BCUT2D eigenvalue weighted by Gasteiger charge is 2.20. The Morgan fingerprint density at radius 1 is 1.40 bits per heavy atom. The molecule has 5 N–H and O–H groups in total. The van der Waals surface area contributed by atoms with Crippen LogP contribution in [-0.2, 0) is 18.7 Å². The fraction of sp³-hybridized carbons (Fsp3) is 0.667. The summed E-state index contributed by atoms with van der Waals surface area (Å²) in [7, 11) is 1.30. The first-order chi connectivity index (χ1) is 6.27. The zero-order chi connectivity index (χ0) is 11.8. The van der Waals surface area contributed by atoms with Crippen molar-refractivity contribution in [3.63, 3.8) is 0 Å². The molecule has 0 saturated heterocycles. The van der Waals surface area contributed by atoms with Crippen LogP contribution in [-0.4, -0.2) is 30.3 Å². The SMILES string of the molecule is CC(=O)O.COP(=O)(NC(C)=O)SC.N. The normalized spacial score (nSPS) is 12.3. The Morgan fingerprint density at radius 3 is 1.80 bits per heavy atom. The fourth-order valence-electron chi connectivity index (χ4n) is 0.359. The van der Waals surface area contributed by atoms with E-state index in [0.29, 0.717) is 0 Å². The number of carboxylic acids is 1. The largest absolute Gasteiger partial charge is 0.481 e. The molecule has 0 fully saturated rings. The predicted molar refractivity (Wildman–Crippen MR) is 60.3 cm³/mol. The Labute approximate surface area is 92.8 Å². The summed E-state index contributed by atoms with van der Waals surface area (Å²) in [6, 6.07) is 0. The summed E-state index contributed by atoms with van der Waals surface area (Å²) < 4.78 is 15.8. The maximum absolute atomic E-state index is 11.2. The lowest BCUT2D eigenvalue weighted by atomic mass is 10.8. The van der Waals surface area contributed by atoms with Gasteiger partial charge in [0.05, 0.1) is 0 Å². The minimum atomic E-state index is -2.92. The van der Waals surface area contributed by atoms with E-state index in [9.17, 15) is 9.36 Å². The molecule has 0 bridgehead atoms. The molecule has 7 nitrogen and oxygen atoms in total. The smallest absolute Gasteiger partial charge is 0.352 e. The van der Waals surface area contributed by atoms with Gasteiger partial charge in [0.25, 0.3) is 5.97 Å². The third-order valence-corrected chi connectivity index (χ3v) is 4.49. The standard InChI is InChI=1S/C4H10NO3PS.C2H4O2.H3N/c1-4(6)5-9(7,8-2)10-3;1-2(3)4;/h1-3H3,(H,5,6,7);1H3,(H,3,4);1H3. The van der Waals surface area contributed by atoms with Gasteiger partial charge in [0.1, 0.15) is 0 Å². The summed E-state index contributed by atoms with van der Waals surface area (Å²) in [5, 5.41) is 9.63. The first-order valence-electron chi connectivity index (χ1n) is 3.47. The molecule has 0 rings (SSSR count). The van der Waals surface area contributed by atoms with Crippen molar-refractivity contribution >= 4 is 30.0 Å². The molecule has 0 heterocycles. The third-order valence-electron chi connectivity index (χ3n) is 0.775. The van der Waals surface area contributed by atoms with E-state index in [-0.39, 0.29) is 12.1 Å². The highest BCUT2D eigenvalue weighted by atomic mass is 32.7. The minimum absolute atomic E-state index is 0. The molecule has 0 radical (unpaired) electrons. The van der Waals surface area contributed by atoms with Crippen molar-refractivity contribution in [2.45, 2.75) is 13.8 Å². The lowest BCUT2D eigenvalue weighted by Gasteiger charge is -2.11. The van der Waals surface area contributed by atoms with E-state index in [1.54, 1.807) is 6.26 Å². The van der Waals surface area contributed by atoms with Crippen LogP contribution < -0.4 is 11.2 Å². The third kappa shape index (κ3) is 16.1. The van der Waals surface area contributed by atoms with Crippen molar-refractivity contribution in [3.8, 4) is 0 Å². The minimum Gasteiger partial charge on any atom is -0.481 e. The average molecular weight is 260 g/mol. The lowest BCUT2D eigenvalue weighted by molar-refractivity contribution is -0.134. The Morgan fingerprint density at radius 2 is 1.73 bits per heavy atom. The molecule has 0 spiro atoms. The van der Waals surface area contributed by atoms with E-state index >= 15 is 0 Å². The topological polar surface area (TPSA) is 128 Å². The molecule has 0 aliphatic carbocycles. The quantitative estimate of drug-likeness (QED) is 0.656. The van der Waals surface area contributed by atoms with Crippen molar-refractivity contribution in [1.29, 1.82) is 0 Å². The van der Waals surface area contributed by atoms with Gasteiger partial charge in [0.15, 0.2) is 0 Å². The molecule has 92 valence electrons. The molecule has 1 atom stereocenters. The van der Waals surface area contributed by atoms with Crippen molar-refractivity contribution in [2.75, 3.05) is 13.4 Å². The number of nitrogens with one attached hydrogen (secondary N) is 1. The van der Waals surface area contributed by atoms with Gasteiger partial charge in [-0.3, -0.25) is 19.2 Å². The molecule has 1 amide bonds. The summed E-state index contributed by atoms with van der Waals surface area (Å²) in [6.45, 7) is -0.543. The van der Waals surface area contributed by atoms with Gasteiger partial charge in [-0.25, -0.2) is 0 Å².